The minimum atomic E-state index is -0.571. The van der Waals surface area contributed by atoms with E-state index in [9.17, 15) is 14.7 Å². The number of nitrogens with two attached hydrogens (primary N) is 1. The lowest BCUT2D eigenvalue weighted by molar-refractivity contribution is -0.255. The lowest BCUT2D eigenvalue weighted by atomic mass is 9.97. The maximum atomic E-state index is 12.6. The van der Waals surface area contributed by atoms with Crippen molar-refractivity contribution in [2.75, 3.05) is 43.9 Å². The van der Waals surface area contributed by atoms with Crippen LogP contribution in [0.15, 0.2) is 97.1 Å². The van der Waals surface area contributed by atoms with Crippen LogP contribution in [0.5, 0.6) is 0 Å². The number of ether oxygens (including phenoxy) is 4. The first-order chi connectivity index (χ1) is 26.3. The molecule has 4 aromatic carbocycles. The molecule has 0 aromatic heterocycles. The van der Waals surface area contributed by atoms with E-state index >= 15 is 0 Å². The number of piperidine rings is 1. The number of aliphatic hydroxyl groups excluding tert-OH is 1. The van der Waals surface area contributed by atoms with Crippen LogP contribution in [0, 0.1) is 0 Å². The van der Waals surface area contributed by atoms with Crippen LogP contribution < -0.4 is 16.4 Å². The van der Waals surface area contributed by atoms with Gasteiger partial charge in [-0.25, -0.2) is 0 Å². The quantitative estimate of drug-likeness (QED) is 0.117. The molecule has 4 aromatic rings. The number of aliphatic hydroxyl groups is 1. The lowest BCUT2D eigenvalue weighted by Crippen LogP contribution is -2.48. The van der Waals surface area contributed by atoms with Crippen LogP contribution in [0.3, 0.4) is 0 Å². The van der Waals surface area contributed by atoms with E-state index in [0.717, 1.165) is 65.9 Å². The molecule has 2 amide bonds. The van der Waals surface area contributed by atoms with Crippen LogP contribution in [-0.2, 0) is 41.7 Å². The Morgan fingerprint density at radius 2 is 1.52 bits per heavy atom. The van der Waals surface area contributed by atoms with Gasteiger partial charge in [-0.2, -0.15) is 0 Å². The van der Waals surface area contributed by atoms with Gasteiger partial charge in [0.25, 0.3) is 0 Å². The molecule has 5 N–H and O–H groups in total. The van der Waals surface area contributed by atoms with Gasteiger partial charge in [0.2, 0.25) is 11.8 Å². The molecule has 3 aliphatic heterocycles. The molecule has 0 bridgehead atoms. The second-order valence-electron chi connectivity index (χ2n) is 14.3. The highest BCUT2D eigenvalue weighted by atomic mass is 16.7. The molecular formula is C43H50N4O7. The highest BCUT2D eigenvalue weighted by Gasteiger charge is 2.41. The fourth-order valence-corrected chi connectivity index (χ4v) is 7.43. The van der Waals surface area contributed by atoms with E-state index in [2.05, 4.69) is 39.8 Å². The van der Waals surface area contributed by atoms with Crippen LogP contribution >= 0.6 is 0 Å². The van der Waals surface area contributed by atoms with Crippen LogP contribution in [0.2, 0.25) is 0 Å². The zero-order valence-electron chi connectivity index (χ0n) is 30.6. The third-order valence-electron chi connectivity index (χ3n) is 10.5. The minimum Gasteiger partial charge on any atom is -0.397 e. The van der Waals surface area contributed by atoms with Crippen molar-refractivity contribution in [1.29, 1.82) is 0 Å². The van der Waals surface area contributed by atoms with E-state index in [0.29, 0.717) is 44.0 Å². The van der Waals surface area contributed by atoms with Gasteiger partial charge >= 0.3 is 0 Å². The van der Waals surface area contributed by atoms with Crippen molar-refractivity contribution in [2.24, 2.45) is 0 Å². The fraction of sp³-hybridized carbons (Fsp3) is 0.395. The zero-order chi connectivity index (χ0) is 37.3. The summed E-state index contributed by atoms with van der Waals surface area (Å²) in [5.74, 6) is -0.707. The Kier molecular flexibility index (Phi) is 12.3. The second kappa shape index (κ2) is 17.7. The monoisotopic (exact) mass is 734 g/mol. The van der Waals surface area contributed by atoms with E-state index in [4.69, 9.17) is 24.7 Å². The first kappa shape index (κ1) is 37.7. The molecule has 1 spiro atoms. The van der Waals surface area contributed by atoms with Crippen LogP contribution in [0.25, 0.3) is 11.1 Å². The summed E-state index contributed by atoms with van der Waals surface area (Å²) in [5.41, 5.74) is 12.8. The van der Waals surface area contributed by atoms with E-state index in [1.54, 1.807) is 12.1 Å². The Hall–Kier alpha value is -4.62. The first-order valence-corrected chi connectivity index (χ1v) is 19.0. The number of para-hydroxylation sites is 2. The highest BCUT2D eigenvalue weighted by molar-refractivity contribution is 5.94. The van der Waals surface area contributed by atoms with Gasteiger partial charge in [0.15, 0.2) is 12.1 Å². The Labute approximate surface area is 316 Å². The molecule has 11 heteroatoms. The molecular weight excluding hydrogens is 684 g/mol. The van der Waals surface area contributed by atoms with Crippen LogP contribution in [-0.4, -0.2) is 66.6 Å². The molecule has 0 radical (unpaired) electrons. The number of hydrogen-bond donors (Lipinski definition) is 4. The number of likely N-dealkylation sites (tertiary alicyclic amines) is 1. The predicted molar refractivity (Wildman–Crippen MR) is 206 cm³/mol. The summed E-state index contributed by atoms with van der Waals surface area (Å²) < 4.78 is 25.3. The molecule has 3 heterocycles. The Morgan fingerprint density at radius 3 is 2.28 bits per heavy atom. The zero-order valence-corrected chi connectivity index (χ0v) is 30.6. The van der Waals surface area contributed by atoms with Crippen molar-refractivity contribution in [3.8, 4) is 11.1 Å². The maximum Gasteiger partial charge on any atom is 0.224 e. The third-order valence-corrected chi connectivity index (χ3v) is 10.5. The van der Waals surface area contributed by atoms with Crippen LogP contribution in [0.1, 0.15) is 73.2 Å². The number of carbonyl (C=O) groups excluding carboxylic acids is 2. The van der Waals surface area contributed by atoms with Crippen molar-refractivity contribution in [3.63, 3.8) is 0 Å². The smallest absolute Gasteiger partial charge is 0.224 e. The number of rotatable bonds is 13. The molecule has 0 saturated carbocycles. The summed E-state index contributed by atoms with van der Waals surface area (Å²) in [5, 5.41) is 15.4. The number of anilines is 2. The van der Waals surface area contributed by atoms with E-state index < -0.39 is 12.1 Å². The van der Waals surface area contributed by atoms with E-state index in [-0.39, 0.29) is 43.5 Å². The molecule has 3 fully saturated rings. The van der Waals surface area contributed by atoms with E-state index in [1.807, 2.05) is 60.7 Å². The Balaban J connectivity index is 0.970. The van der Waals surface area contributed by atoms with Gasteiger partial charge in [-0.1, -0.05) is 72.8 Å². The van der Waals surface area contributed by atoms with Crippen LogP contribution in [0.4, 0.5) is 11.4 Å². The van der Waals surface area contributed by atoms with Gasteiger partial charge in [0, 0.05) is 63.8 Å². The molecule has 0 aliphatic carbocycles. The summed E-state index contributed by atoms with van der Waals surface area (Å²) in [7, 11) is 0. The number of amides is 2. The molecule has 7 rings (SSSR count). The summed E-state index contributed by atoms with van der Waals surface area (Å²) in [6, 6.07) is 31.4. The molecule has 3 saturated heterocycles. The number of nitrogen functional groups attached to an aromatic ring is 1. The van der Waals surface area contributed by atoms with Gasteiger partial charge < -0.3 is 45.3 Å². The van der Waals surface area contributed by atoms with Crippen molar-refractivity contribution in [3.05, 3.63) is 119 Å². The van der Waals surface area contributed by atoms with Crippen molar-refractivity contribution < 1.29 is 33.6 Å². The topological polar surface area (TPSA) is 145 Å². The summed E-state index contributed by atoms with van der Waals surface area (Å²) in [6.07, 6.45) is 2.51. The fourth-order valence-electron chi connectivity index (χ4n) is 7.43. The number of hydrogen-bond acceptors (Lipinski definition) is 9. The normalized spacial score (nSPS) is 21.2. The molecule has 3 atom stereocenters. The van der Waals surface area contributed by atoms with Crippen molar-refractivity contribution in [1.82, 2.24) is 10.2 Å². The number of benzene rings is 4. The van der Waals surface area contributed by atoms with Gasteiger partial charge in [-0.3, -0.25) is 9.59 Å². The highest BCUT2D eigenvalue weighted by Crippen LogP contribution is 2.40. The van der Waals surface area contributed by atoms with Crippen molar-refractivity contribution in [2.45, 2.75) is 76.0 Å². The summed E-state index contributed by atoms with van der Waals surface area (Å²) in [6.45, 7) is 4.25. The second-order valence-corrected chi connectivity index (χ2v) is 14.3. The Morgan fingerprint density at radius 1 is 0.796 bits per heavy atom. The molecule has 11 nitrogen and oxygen atoms in total. The third kappa shape index (κ3) is 9.72. The first-order valence-electron chi connectivity index (χ1n) is 19.0. The number of carbonyl (C=O) groups is 2. The number of nitrogens with zero attached hydrogens (tertiary/aromatic N) is 1. The minimum absolute atomic E-state index is 0.00336. The molecule has 284 valence electrons. The maximum absolute atomic E-state index is 12.6. The van der Waals surface area contributed by atoms with Crippen molar-refractivity contribution >= 4 is 23.2 Å². The van der Waals surface area contributed by atoms with Gasteiger partial charge in [-0.15, -0.1) is 0 Å². The lowest BCUT2D eigenvalue weighted by Gasteiger charge is -2.41. The molecule has 0 unspecified atom stereocenters. The van der Waals surface area contributed by atoms with Gasteiger partial charge in [-0.05, 0) is 58.5 Å². The number of nitrogens with one attached hydrogen (secondary N) is 2. The molecule has 54 heavy (non-hydrogen) atoms. The average molecular weight is 735 g/mol. The van der Waals surface area contributed by atoms with Gasteiger partial charge in [0.05, 0.1) is 43.4 Å². The largest absolute Gasteiger partial charge is 0.397 e. The van der Waals surface area contributed by atoms with E-state index in [1.165, 1.54) is 0 Å². The predicted octanol–water partition coefficient (Wildman–Crippen LogP) is 6.24. The average Bonchev–Trinajstić information content (AvgIpc) is 3.67. The Bertz CT molecular complexity index is 1870. The standard InChI is InChI=1S/C43H50N4O7/c44-37-10-1-2-11-38(37)46-41(50)13-5-12-40(49)45-27-31-6-3-7-33(24-31)34-8-4-9-35(25-34)42-53-36(26-39(54-42)32-16-14-30(29-48)15-17-32)28-47-20-18-43(19-21-47)51-22-23-52-43/h1-4,6-11,14-17,24-25,36,39,42,48H,5,12-13,18-23,26-29,44H2,(H,45,49)(H,46,50)/t36-,39+,42+/m1/s1. The summed E-state index contributed by atoms with van der Waals surface area (Å²) in [4.78, 5) is 27.4. The SMILES string of the molecule is Nc1ccccc1NC(=O)CCCC(=O)NCc1cccc(-c2cccc([C@H]3O[C@@H](CN4CCC5(CC4)OCCO5)C[C@@H](c4ccc(CO)cc4)O3)c2)c1. The van der Waals surface area contributed by atoms with Gasteiger partial charge in [0.1, 0.15) is 0 Å². The summed E-state index contributed by atoms with van der Waals surface area (Å²) >= 11 is 0. The molecule has 3 aliphatic rings.